The van der Waals surface area contributed by atoms with Crippen LogP contribution < -0.4 is 20.3 Å². The molecule has 0 aliphatic rings. The van der Waals surface area contributed by atoms with Crippen LogP contribution in [0.4, 0.5) is 5.69 Å². The summed E-state index contributed by atoms with van der Waals surface area (Å²) in [6, 6.07) is 19.3. The van der Waals surface area contributed by atoms with Crippen LogP contribution >= 0.6 is 11.8 Å². The van der Waals surface area contributed by atoms with E-state index in [0.29, 0.717) is 51.8 Å². The van der Waals surface area contributed by atoms with E-state index in [0.717, 1.165) is 5.56 Å². The van der Waals surface area contributed by atoms with E-state index >= 15 is 0 Å². The molecule has 0 aliphatic carbocycles. The first-order valence-electron chi connectivity index (χ1n) is 12.3. The Morgan fingerprint density at radius 3 is 2.44 bits per heavy atom. The van der Waals surface area contributed by atoms with Gasteiger partial charge in [0.1, 0.15) is 0 Å². The maximum absolute atomic E-state index is 13.4. The predicted octanol–water partition coefficient (Wildman–Crippen LogP) is 4.56. The van der Waals surface area contributed by atoms with Gasteiger partial charge in [0.05, 0.1) is 43.0 Å². The molecule has 0 saturated carbocycles. The number of aromatic nitrogens is 2. The van der Waals surface area contributed by atoms with Crippen molar-refractivity contribution in [1.29, 1.82) is 0 Å². The molecule has 0 spiro atoms. The smallest absolute Gasteiger partial charge is 0.338 e. The molecular weight excluding hydrogens is 518 g/mol. The third kappa shape index (κ3) is 6.77. The minimum Gasteiger partial charge on any atom is -0.493 e. The van der Waals surface area contributed by atoms with Crippen LogP contribution in [0.15, 0.2) is 76.7 Å². The lowest BCUT2D eigenvalue weighted by atomic mass is 10.1. The normalized spacial score (nSPS) is 10.7. The maximum atomic E-state index is 13.4. The molecule has 1 aromatic heterocycles. The van der Waals surface area contributed by atoms with Gasteiger partial charge in [-0.15, -0.1) is 0 Å². The van der Waals surface area contributed by atoms with Crippen LogP contribution in [0.25, 0.3) is 10.9 Å². The molecule has 4 rings (SSSR count). The van der Waals surface area contributed by atoms with Crippen LogP contribution in [0.1, 0.15) is 22.8 Å². The Balaban J connectivity index is 1.50. The van der Waals surface area contributed by atoms with Crippen LogP contribution in [-0.4, -0.2) is 48.0 Å². The molecule has 0 fully saturated rings. The Hall–Kier alpha value is -4.31. The molecule has 0 aliphatic heterocycles. The van der Waals surface area contributed by atoms with Crippen molar-refractivity contribution >= 4 is 40.2 Å². The number of aryl methyl sites for hydroxylation is 1. The zero-order valence-corrected chi connectivity index (χ0v) is 22.7. The van der Waals surface area contributed by atoms with Crippen molar-refractivity contribution < 1.29 is 23.8 Å². The predicted molar refractivity (Wildman–Crippen MR) is 151 cm³/mol. The largest absolute Gasteiger partial charge is 0.493 e. The minimum absolute atomic E-state index is 0.0424. The van der Waals surface area contributed by atoms with Crippen LogP contribution in [0.2, 0.25) is 0 Å². The first kappa shape index (κ1) is 27.7. The summed E-state index contributed by atoms with van der Waals surface area (Å²) in [6.07, 6.45) is 0.548. The van der Waals surface area contributed by atoms with E-state index in [-0.39, 0.29) is 23.8 Å². The van der Waals surface area contributed by atoms with Gasteiger partial charge in [0.2, 0.25) is 5.91 Å². The summed E-state index contributed by atoms with van der Waals surface area (Å²) in [5.41, 5.74) is 2.32. The van der Waals surface area contributed by atoms with Gasteiger partial charge < -0.3 is 19.5 Å². The summed E-state index contributed by atoms with van der Waals surface area (Å²) < 4.78 is 17.3. The lowest BCUT2D eigenvalue weighted by molar-refractivity contribution is -0.113. The lowest BCUT2D eigenvalue weighted by Gasteiger charge is -2.14. The van der Waals surface area contributed by atoms with Crippen LogP contribution in [0.3, 0.4) is 0 Å². The first-order chi connectivity index (χ1) is 18.9. The second kappa shape index (κ2) is 13.0. The summed E-state index contributed by atoms with van der Waals surface area (Å²) in [4.78, 5) is 42.6. The number of ether oxygens (including phenoxy) is 3. The highest BCUT2D eigenvalue weighted by atomic mass is 32.2. The third-order valence-corrected chi connectivity index (χ3v) is 6.89. The molecule has 10 heteroatoms. The SMILES string of the molecule is CCOC(=O)c1ccc(NC(=O)CSc2nc3ccccc3c(=O)n2CCc2ccc(OC)c(OC)c2)cc1. The van der Waals surface area contributed by atoms with Crippen molar-refractivity contribution in [3.8, 4) is 11.5 Å². The number of methoxy groups -OCH3 is 2. The fourth-order valence-electron chi connectivity index (χ4n) is 3.96. The molecule has 0 radical (unpaired) electrons. The van der Waals surface area contributed by atoms with Crippen molar-refractivity contribution in [2.24, 2.45) is 0 Å². The lowest BCUT2D eigenvalue weighted by Crippen LogP contribution is -2.25. The van der Waals surface area contributed by atoms with Gasteiger partial charge in [-0.3, -0.25) is 14.2 Å². The summed E-state index contributed by atoms with van der Waals surface area (Å²) >= 11 is 1.19. The van der Waals surface area contributed by atoms with Gasteiger partial charge in [-0.2, -0.15) is 0 Å². The number of benzene rings is 3. The number of carbonyl (C=O) groups excluding carboxylic acids is 2. The second-order valence-electron chi connectivity index (χ2n) is 8.44. The van der Waals surface area contributed by atoms with E-state index < -0.39 is 5.97 Å². The van der Waals surface area contributed by atoms with Crippen molar-refractivity contribution in [1.82, 2.24) is 9.55 Å². The number of hydrogen-bond acceptors (Lipinski definition) is 8. The molecule has 0 saturated heterocycles. The van der Waals surface area contributed by atoms with E-state index in [1.165, 1.54) is 11.8 Å². The molecule has 1 heterocycles. The molecule has 202 valence electrons. The number of nitrogens with zero attached hydrogens (tertiary/aromatic N) is 2. The van der Waals surface area contributed by atoms with E-state index in [1.807, 2.05) is 24.3 Å². The highest BCUT2D eigenvalue weighted by molar-refractivity contribution is 7.99. The summed E-state index contributed by atoms with van der Waals surface area (Å²) in [7, 11) is 3.16. The van der Waals surface area contributed by atoms with Gasteiger partial charge in [-0.1, -0.05) is 30.0 Å². The molecule has 3 aromatic carbocycles. The number of fused-ring (bicyclic) bond motifs is 1. The highest BCUT2D eigenvalue weighted by Gasteiger charge is 2.15. The van der Waals surface area contributed by atoms with Gasteiger partial charge in [-0.25, -0.2) is 9.78 Å². The fourth-order valence-corrected chi connectivity index (χ4v) is 4.79. The van der Waals surface area contributed by atoms with Gasteiger partial charge in [-0.05, 0) is 67.4 Å². The number of rotatable bonds is 11. The molecule has 39 heavy (non-hydrogen) atoms. The Labute approximate surface area is 230 Å². The molecule has 1 amide bonds. The Morgan fingerprint density at radius 2 is 1.72 bits per heavy atom. The molecule has 0 unspecified atom stereocenters. The van der Waals surface area contributed by atoms with E-state index in [4.69, 9.17) is 14.2 Å². The average Bonchev–Trinajstić information content (AvgIpc) is 2.96. The fraction of sp³-hybridized carbons (Fsp3) is 0.241. The van der Waals surface area contributed by atoms with Crippen LogP contribution in [0.5, 0.6) is 11.5 Å². The number of nitrogens with one attached hydrogen (secondary N) is 1. The maximum Gasteiger partial charge on any atom is 0.338 e. The number of para-hydroxylation sites is 1. The molecule has 9 nitrogen and oxygen atoms in total. The summed E-state index contributed by atoms with van der Waals surface area (Å²) in [5, 5.41) is 3.78. The van der Waals surface area contributed by atoms with Gasteiger partial charge in [0.25, 0.3) is 5.56 Å². The summed E-state index contributed by atoms with van der Waals surface area (Å²) in [5.74, 6) is 0.599. The highest BCUT2D eigenvalue weighted by Crippen LogP contribution is 2.28. The topological polar surface area (TPSA) is 109 Å². The van der Waals surface area contributed by atoms with Crippen LogP contribution in [0, 0.1) is 0 Å². The average molecular weight is 548 g/mol. The number of amides is 1. The van der Waals surface area contributed by atoms with Crippen molar-refractivity contribution in [3.63, 3.8) is 0 Å². The van der Waals surface area contributed by atoms with Gasteiger partial charge >= 0.3 is 5.97 Å². The number of hydrogen-bond donors (Lipinski definition) is 1. The molecule has 0 bridgehead atoms. The van der Waals surface area contributed by atoms with Gasteiger partial charge in [0, 0.05) is 12.2 Å². The summed E-state index contributed by atoms with van der Waals surface area (Å²) in [6.45, 7) is 2.40. The monoisotopic (exact) mass is 547 g/mol. The zero-order valence-electron chi connectivity index (χ0n) is 21.9. The molecular formula is C29H29N3O6S. The second-order valence-corrected chi connectivity index (χ2v) is 9.38. The van der Waals surface area contributed by atoms with Crippen LogP contribution in [-0.2, 0) is 22.5 Å². The van der Waals surface area contributed by atoms with Gasteiger partial charge in [0.15, 0.2) is 16.7 Å². The minimum atomic E-state index is -0.417. The Kier molecular flexibility index (Phi) is 9.22. The van der Waals surface area contributed by atoms with Crippen molar-refractivity contribution in [2.45, 2.75) is 25.0 Å². The van der Waals surface area contributed by atoms with E-state index in [2.05, 4.69) is 10.3 Å². The van der Waals surface area contributed by atoms with E-state index in [9.17, 15) is 14.4 Å². The number of thioether (sulfide) groups is 1. The quantitative estimate of drug-likeness (QED) is 0.165. The van der Waals surface area contributed by atoms with Crippen molar-refractivity contribution in [3.05, 3.63) is 88.2 Å². The third-order valence-electron chi connectivity index (χ3n) is 5.91. The standard InChI is InChI=1S/C29H29N3O6S/c1-4-38-28(35)20-10-12-21(13-11-20)30-26(33)18-39-29-31-23-8-6-5-7-22(23)27(34)32(29)16-15-19-9-14-24(36-2)25(17-19)37-3/h5-14,17H,4,15-16,18H2,1-3H3,(H,30,33). The number of carbonyl (C=O) groups is 2. The zero-order chi connectivity index (χ0) is 27.8. The van der Waals surface area contributed by atoms with E-state index in [1.54, 1.807) is 68.2 Å². The Bertz CT molecular complexity index is 1530. The first-order valence-corrected chi connectivity index (χ1v) is 13.3. The molecule has 0 atom stereocenters. The van der Waals surface area contributed by atoms with Crippen molar-refractivity contribution in [2.75, 3.05) is 31.9 Å². The molecule has 4 aromatic rings. The molecule has 1 N–H and O–H groups in total. The number of anilines is 1. The number of esters is 1. The Morgan fingerprint density at radius 1 is 0.974 bits per heavy atom.